The summed E-state index contributed by atoms with van der Waals surface area (Å²) < 4.78 is 5.06. The van der Waals surface area contributed by atoms with Crippen LogP contribution in [0.25, 0.3) is 0 Å². The highest BCUT2D eigenvalue weighted by Gasteiger charge is 2.16. The van der Waals surface area contributed by atoms with Gasteiger partial charge in [-0.1, -0.05) is 0 Å². The lowest BCUT2D eigenvalue weighted by atomic mass is 10.0. The Bertz CT molecular complexity index is 98.6. The van der Waals surface area contributed by atoms with Gasteiger partial charge in [0.05, 0.1) is 19.3 Å². The number of hydrogen-bond acceptors (Lipinski definition) is 4. The molecule has 3 N–H and O–H groups in total. The first-order valence-corrected chi connectivity index (χ1v) is 3.67. The van der Waals surface area contributed by atoms with Crippen molar-refractivity contribution in [1.82, 2.24) is 0 Å². The molecule has 0 aliphatic carbocycles. The first kappa shape index (κ1) is 10.9. The van der Waals surface area contributed by atoms with Crippen LogP contribution in [0.15, 0.2) is 0 Å². The number of aliphatic hydroxyl groups is 3. The molecule has 0 fully saturated rings. The van der Waals surface area contributed by atoms with Crippen molar-refractivity contribution >= 4 is 7.85 Å². The molecule has 0 rings (SSSR count). The smallest absolute Gasteiger partial charge is 0.142 e. The van der Waals surface area contributed by atoms with Gasteiger partial charge in [-0.2, -0.15) is 0 Å². The van der Waals surface area contributed by atoms with Crippen LogP contribution in [-0.2, 0) is 4.74 Å². The molecule has 4 nitrogen and oxygen atoms in total. The van der Waals surface area contributed by atoms with Crippen molar-refractivity contribution in [3.8, 4) is 0 Å². The van der Waals surface area contributed by atoms with Crippen molar-refractivity contribution in [2.75, 3.05) is 13.2 Å². The molecular weight excluding hydrogens is 147 g/mol. The average Bonchev–Trinajstić information content (AvgIpc) is 1.99. The fraction of sp³-hybridized carbons (Fsp3) is 1.00. The molecule has 0 saturated carbocycles. The first-order chi connectivity index (χ1) is 5.11. The Balaban J connectivity index is 3.68. The van der Waals surface area contributed by atoms with Gasteiger partial charge in [0.2, 0.25) is 0 Å². The molecule has 66 valence electrons. The molecule has 0 aromatic rings. The minimum absolute atomic E-state index is 0.108. The van der Waals surface area contributed by atoms with Crippen LogP contribution in [0.1, 0.15) is 6.92 Å². The summed E-state index contributed by atoms with van der Waals surface area (Å²) in [5.41, 5.74) is 0. The fourth-order valence-electron chi connectivity index (χ4n) is 0.651. The molecule has 5 heteroatoms. The second kappa shape index (κ2) is 5.54. The predicted octanol–water partition coefficient (Wildman–Crippen LogP) is -2.30. The van der Waals surface area contributed by atoms with E-state index in [0.717, 1.165) is 0 Å². The molecule has 0 amide bonds. The van der Waals surface area contributed by atoms with E-state index in [-0.39, 0.29) is 19.2 Å². The third kappa shape index (κ3) is 4.37. The summed E-state index contributed by atoms with van der Waals surface area (Å²) in [4.78, 5) is 0. The Morgan fingerprint density at radius 2 is 1.91 bits per heavy atom. The van der Waals surface area contributed by atoms with E-state index in [9.17, 15) is 0 Å². The third-order valence-electron chi connectivity index (χ3n) is 1.38. The molecule has 0 aliphatic rings. The molecule has 0 saturated heterocycles. The Kier molecular flexibility index (Phi) is 5.49. The van der Waals surface area contributed by atoms with E-state index in [4.69, 9.17) is 20.1 Å². The molecular formula is C6H15BO4. The van der Waals surface area contributed by atoms with Crippen LogP contribution in [0, 0.1) is 0 Å². The normalized spacial score (nSPS) is 19.3. The lowest BCUT2D eigenvalue weighted by molar-refractivity contribution is -0.0789. The van der Waals surface area contributed by atoms with Gasteiger partial charge in [-0.25, -0.2) is 0 Å². The van der Waals surface area contributed by atoms with E-state index in [1.165, 1.54) is 6.92 Å². The zero-order valence-corrected chi connectivity index (χ0v) is 6.90. The van der Waals surface area contributed by atoms with Crippen LogP contribution < -0.4 is 0 Å². The van der Waals surface area contributed by atoms with E-state index < -0.39 is 12.2 Å². The van der Waals surface area contributed by atoms with Crippen molar-refractivity contribution in [2.24, 2.45) is 0 Å². The van der Waals surface area contributed by atoms with Crippen molar-refractivity contribution in [3.63, 3.8) is 0 Å². The summed E-state index contributed by atoms with van der Waals surface area (Å²) >= 11 is 0. The molecule has 11 heavy (non-hydrogen) atoms. The number of rotatable bonds is 5. The van der Waals surface area contributed by atoms with E-state index in [2.05, 4.69) is 0 Å². The van der Waals surface area contributed by atoms with Crippen molar-refractivity contribution in [1.29, 1.82) is 0 Å². The Morgan fingerprint density at radius 3 is 2.18 bits per heavy atom. The van der Waals surface area contributed by atoms with Crippen LogP contribution in [-0.4, -0.2) is 54.6 Å². The largest absolute Gasteiger partial charge is 0.394 e. The Labute approximate surface area is 67.2 Å². The molecule has 0 aromatic carbocycles. The molecule has 1 unspecified atom stereocenters. The predicted molar refractivity (Wildman–Crippen MR) is 43.1 cm³/mol. The van der Waals surface area contributed by atoms with Crippen molar-refractivity contribution < 1.29 is 20.1 Å². The zero-order chi connectivity index (χ0) is 8.85. The summed E-state index contributed by atoms with van der Waals surface area (Å²) in [6, 6.07) is -0.346. The topological polar surface area (TPSA) is 69.9 Å². The highest BCUT2D eigenvalue weighted by molar-refractivity contribution is 6.11. The lowest BCUT2D eigenvalue weighted by Gasteiger charge is -2.21. The molecule has 0 bridgehead atoms. The highest BCUT2D eigenvalue weighted by Crippen LogP contribution is 2.00. The molecule has 3 atom stereocenters. The summed E-state index contributed by atoms with van der Waals surface area (Å²) in [5.74, 6) is 0. The molecule has 0 aromatic heterocycles. The van der Waals surface area contributed by atoms with Gasteiger partial charge in [0, 0.05) is 6.00 Å². The van der Waals surface area contributed by atoms with E-state index >= 15 is 0 Å². The van der Waals surface area contributed by atoms with Crippen LogP contribution in [0.5, 0.6) is 0 Å². The third-order valence-corrected chi connectivity index (χ3v) is 1.38. The van der Waals surface area contributed by atoms with E-state index in [1.807, 2.05) is 0 Å². The zero-order valence-electron chi connectivity index (χ0n) is 6.90. The SMILES string of the molecule is B[C@@H](CO)O[C@@H](CO)C(C)O. The van der Waals surface area contributed by atoms with Gasteiger partial charge in [-0.3, -0.25) is 0 Å². The van der Waals surface area contributed by atoms with Gasteiger partial charge in [0.15, 0.2) is 0 Å². The van der Waals surface area contributed by atoms with Crippen molar-refractivity contribution in [2.45, 2.75) is 25.1 Å². The monoisotopic (exact) mass is 162 g/mol. The lowest BCUT2D eigenvalue weighted by Crippen LogP contribution is -2.35. The number of ether oxygens (including phenoxy) is 1. The summed E-state index contributed by atoms with van der Waals surface area (Å²) in [6.45, 7) is 1.19. The minimum atomic E-state index is -0.714. The quantitative estimate of drug-likeness (QED) is 0.397. The van der Waals surface area contributed by atoms with Crippen molar-refractivity contribution in [3.05, 3.63) is 0 Å². The maximum atomic E-state index is 8.99. The van der Waals surface area contributed by atoms with Crippen LogP contribution >= 0.6 is 0 Å². The maximum Gasteiger partial charge on any atom is 0.142 e. The summed E-state index contributed by atoms with van der Waals surface area (Å²) in [7, 11) is 1.67. The van der Waals surface area contributed by atoms with Gasteiger partial charge in [0.25, 0.3) is 0 Å². The average molecular weight is 162 g/mol. The highest BCUT2D eigenvalue weighted by atomic mass is 16.5. The Morgan fingerprint density at radius 1 is 1.36 bits per heavy atom. The van der Waals surface area contributed by atoms with Gasteiger partial charge in [0.1, 0.15) is 14.0 Å². The van der Waals surface area contributed by atoms with Gasteiger partial charge < -0.3 is 20.1 Å². The number of aliphatic hydroxyl groups excluding tert-OH is 3. The molecule has 0 spiro atoms. The van der Waals surface area contributed by atoms with Gasteiger partial charge in [-0.15, -0.1) is 0 Å². The van der Waals surface area contributed by atoms with Gasteiger partial charge in [-0.05, 0) is 6.92 Å². The van der Waals surface area contributed by atoms with Gasteiger partial charge >= 0.3 is 0 Å². The molecule has 0 radical (unpaired) electrons. The van der Waals surface area contributed by atoms with Crippen LogP contribution in [0.2, 0.25) is 0 Å². The van der Waals surface area contributed by atoms with E-state index in [0.29, 0.717) is 0 Å². The second-order valence-electron chi connectivity index (χ2n) is 2.59. The maximum absolute atomic E-state index is 8.99. The number of hydrogen-bond donors (Lipinski definition) is 3. The summed E-state index contributed by atoms with van der Waals surface area (Å²) in [5, 5.41) is 26.2. The second-order valence-corrected chi connectivity index (χ2v) is 2.59. The standard InChI is InChI=1S/C6H15BO4/c1-4(10)5(2-8)11-6(7)3-9/h4-6,8-10H,2-3,7H2,1H3/t4?,5-,6+/m0/s1. The van der Waals surface area contributed by atoms with Crippen LogP contribution in [0.3, 0.4) is 0 Å². The fourth-order valence-corrected chi connectivity index (χ4v) is 0.651. The van der Waals surface area contributed by atoms with E-state index in [1.54, 1.807) is 7.85 Å². The summed E-state index contributed by atoms with van der Waals surface area (Å²) in [6.07, 6.45) is -1.31. The van der Waals surface area contributed by atoms with Crippen LogP contribution in [0.4, 0.5) is 0 Å². The first-order valence-electron chi connectivity index (χ1n) is 3.67. The minimum Gasteiger partial charge on any atom is -0.394 e. The molecule has 0 aliphatic heterocycles. The Hall–Kier alpha value is -0.0951. The molecule has 0 heterocycles.